The number of unbranched alkanes of at least 4 members (excludes halogenated alkanes) is 7. The first-order valence-electron chi connectivity index (χ1n) is 6.27. The molecular weight excluding hydrogens is 170 g/mol. The van der Waals surface area contributed by atoms with Gasteiger partial charge in [-0.2, -0.15) is 0 Å². The molecule has 0 fully saturated rings. The second kappa shape index (κ2) is 12.7. The molecule has 2 N–H and O–H groups in total. The first-order chi connectivity index (χ1) is 6.91. The average Bonchev–Trinajstić information content (AvgIpc) is 2.21. The Hall–Kier alpha value is -0.300. The first kappa shape index (κ1) is 13.7. The zero-order valence-corrected chi connectivity index (χ0v) is 9.80. The molecule has 84 valence electrons. The average molecular weight is 197 g/mol. The van der Waals surface area contributed by atoms with Gasteiger partial charge in [-0.3, -0.25) is 0 Å². The second-order valence-electron chi connectivity index (χ2n) is 3.96. The summed E-state index contributed by atoms with van der Waals surface area (Å²) < 4.78 is 0. The van der Waals surface area contributed by atoms with Crippen molar-refractivity contribution in [3.8, 4) is 0 Å². The van der Waals surface area contributed by atoms with E-state index in [0.29, 0.717) is 0 Å². The van der Waals surface area contributed by atoms with Crippen LogP contribution in [0.3, 0.4) is 0 Å². The summed E-state index contributed by atoms with van der Waals surface area (Å²) in [5.41, 5.74) is 5.40. The molecule has 0 atom stereocenters. The minimum Gasteiger partial charge on any atom is -0.330 e. The van der Waals surface area contributed by atoms with E-state index in [0.717, 1.165) is 19.4 Å². The summed E-state index contributed by atoms with van der Waals surface area (Å²) in [4.78, 5) is 0. The van der Waals surface area contributed by atoms with Crippen molar-refractivity contribution in [1.82, 2.24) is 0 Å². The van der Waals surface area contributed by atoms with Crippen molar-refractivity contribution in [3.05, 3.63) is 12.2 Å². The van der Waals surface area contributed by atoms with E-state index in [4.69, 9.17) is 5.73 Å². The van der Waals surface area contributed by atoms with Crippen molar-refractivity contribution in [2.45, 2.75) is 64.7 Å². The van der Waals surface area contributed by atoms with Gasteiger partial charge in [-0.1, -0.05) is 51.2 Å². The molecule has 0 radical (unpaired) electrons. The van der Waals surface area contributed by atoms with E-state index in [1.807, 2.05) is 0 Å². The minimum atomic E-state index is 0.821. The van der Waals surface area contributed by atoms with Crippen LogP contribution in [0.4, 0.5) is 0 Å². The molecule has 1 heteroatoms. The van der Waals surface area contributed by atoms with Gasteiger partial charge in [-0.15, -0.1) is 0 Å². The van der Waals surface area contributed by atoms with Crippen LogP contribution in [0.2, 0.25) is 0 Å². The molecule has 0 heterocycles. The van der Waals surface area contributed by atoms with Gasteiger partial charge in [0.1, 0.15) is 0 Å². The molecule has 0 unspecified atom stereocenters. The fourth-order valence-electron chi connectivity index (χ4n) is 1.51. The Labute approximate surface area is 89.8 Å². The van der Waals surface area contributed by atoms with Crippen LogP contribution < -0.4 is 5.73 Å². The van der Waals surface area contributed by atoms with Crippen LogP contribution in [0, 0.1) is 0 Å². The monoisotopic (exact) mass is 197 g/mol. The summed E-state index contributed by atoms with van der Waals surface area (Å²) in [5, 5.41) is 0. The van der Waals surface area contributed by atoms with Gasteiger partial charge in [0.05, 0.1) is 0 Å². The molecule has 14 heavy (non-hydrogen) atoms. The number of hydrogen-bond acceptors (Lipinski definition) is 1. The van der Waals surface area contributed by atoms with Gasteiger partial charge < -0.3 is 5.73 Å². The number of allylic oxidation sites excluding steroid dienone is 2. The fraction of sp³-hybridized carbons (Fsp3) is 0.846. The van der Waals surface area contributed by atoms with Crippen LogP contribution in [0.5, 0.6) is 0 Å². The molecule has 0 spiro atoms. The lowest BCUT2D eigenvalue weighted by molar-refractivity contribution is 0.611. The topological polar surface area (TPSA) is 26.0 Å². The normalized spacial score (nSPS) is 11.3. The summed E-state index contributed by atoms with van der Waals surface area (Å²) in [5.74, 6) is 0. The lowest BCUT2D eigenvalue weighted by Crippen LogP contribution is -1.96. The van der Waals surface area contributed by atoms with Gasteiger partial charge in [0.2, 0.25) is 0 Å². The number of rotatable bonds is 10. The van der Waals surface area contributed by atoms with Crippen LogP contribution in [-0.4, -0.2) is 6.54 Å². The van der Waals surface area contributed by atoms with Crippen LogP contribution in [0.25, 0.3) is 0 Å². The van der Waals surface area contributed by atoms with Crippen LogP contribution in [0.1, 0.15) is 64.7 Å². The van der Waals surface area contributed by atoms with E-state index in [-0.39, 0.29) is 0 Å². The maximum absolute atomic E-state index is 5.40. The SMILES string of the molecule is CCCCCCCCC=CCCCN. The zero-order chi connectivity index (χ0) is 10.5. The Morgan fingerprint density at radius 3 is 2.00 bits per heavy atom. The van der Waals surface area contributed by atoms with Gasteiger partial charge in [-0.25, -0.2) is 0 Å². The summed E-state index contributed by atoms with van der Waals surface area (Å²) in [6, 6.07) is 0. The molecule has 0 rings (SSSR count). The maximum Gasteiger partial charge on any atom is -0.00743 e. The zero-order valence-electron chi connectivity index (χ0n) is 9.80. The molecule has 0 aromatic rings. The highest BCUT2D eigenvalue weighted by atomic mass is 14.5. The van der Waals surface area contributed by atoms with Gasteiger partial charge in [-0.05, 0) is 32.2 Å². The molecule has 0 amide bonds. The molecule has 0 bridgehead atoms. The highest BCUT2D eigenvalue weighted by Gasteiger charge is 1.87. The first-order valence-corrected chi connectivity index (χ1v) is 6.27. The molecule has 1 nitrogen and oxygen atoms in total. The molecule has 0 aliphatic carbocycles. The van der Waals surface area contributed by atoms with Crippen molar-refractivity contribution in [1.29, 1.82) is 0 Å². The van der Waals surface area contributed by atoms with Crippen molar-refractivity contribution in [2.24, 2.45) is 5.73 Å². The minimum absolute atomic E-state index is 0.821. The Kier molecular flexibility index (Phi) is 12.4. The smallest absolute Gasteiger partial charge is 0.00743 e. The number of hydrogen-bond donors (Lipinski definition) is 1. The van der Waals surface area contributed by atoms with Gasteiger partial charge in [0.15, 0.2) is 0 Å². The molecule has 0 aromatic heterocycles. The van der Waals surface area contributed by atoms with Crippen molar-refractivity contribution >= 4 is 0 Å². The molecule has 0 aliphatic rings. The highest BCUT2D eigenvalue weighted by Crippen LogP contribution is 2.07. The molecular formula is C13H27N. The Balaban J connectivity index is 2.94. The van der Waals surface area contributed by atoms with E-state index in [1.54, 1.807) is 0 Å². The van der Waals surface area contributed by atoms with E-state index in [9.17, 15) is 0 Å². The lowest BCUT2D eigenvalue weighted by atomic mass is 10.1. The Bertz CT molecular complexity index is 118. The molecule has 0 saturated carbocycles. The van der Waals surface area contributed by atoms with E-state index >= 15 is 0 Å². The standard InChI is InChI=1S/C13H27N/c1-2-3-4-5-6-7-8-9-10-11-12-13-14/h9-10H,2-8,11-14H2,1H3. The largest absolute Gasteiger partial charge is 0.330 e. The highest BCUT2D eigenvalue weighted by molar-refractivity contribution is 4.81. The predicted molar refractivity (Wildman–Crippen MR) is 65.4 cm³/mol. The van der Waals surface area contributed by atoms with Crippen molar-refractivity contribution < 1.29 is 0 Å². The lowest BCUT2D eigenvalue weighted by Gasteiger charge is -1.97. The van der Waals surface area contributed by atoms with Crippen LogP contribution in [0.15, 0.2) is 12.2 Å². The third-order valence-electron chi connectivity index (χ3n) is 2.47. The summed E-state index contributed by atoms with van der Waals surface area (Å²) >= 11 is 0. The predicted octanol–water partition coefficient (Wildman–Crippen LogP) is 4.03. The second-order valence-corrected chi connectivity index (χ2v) is 3.96. The van der Waals surface area contributed by atoms with Gasteiger partial charge in [0, 0.05) is 0 Å². The quantitative estimate of drug-likeness (QED) is 0.415. The molecule has 0 aromatic carbocycles. The van der Waals surface area contributed by atoms with Crippen molar-refractivity contribution in [2.75, 3.05) is 6.54 Å². The van der Waals surface area contributed by atoms with E-state index in [2.05, 4.69) is 19.1 Å². The van der Waals surface area contributed by atoms with E-state index in [1.165, 1.54) is 44.9 Å². The third-order valence-corrected chi connectivity index (χ3v) is 2.47. The summed E-state index contributed by atoms with van der Waals surface area (Å²) in [7, 11) is 0. The number of nitrogens with two attached hydrogens (primary N) is 1. The van der Waals surface area contributed by atoms with Crippen LogP contribution >= 0.6 is 0 Å². The summed E-state index contributed by atoms with van der Waals surface area (Å²) in [6.07, 6.45) is 16.5. The summed E-state index contributed by atoms with van der Waals surface area (Å²) in [6.45, 7) is 3.08. The van der Waals surface area contributed by atoms with E-state index < -0.39 is 0 Å². The molecule has 0 aliphatic heterocycles. The van der Waals surface area contributed by atoms with Gasteiger partial charge >= 0.3 is 0 Å². The maximum atomic E-state index is 5.40. The fourth-order valence-corrected chi connectivity index (χ4v) is 1.51. The van der Waals surface area contributed by atoms with Crippen LogP contribution in [-0.2, 0) is 0 Å². The Morgan fingerprint density at radius 2 is 1.36 bits per heavy atom. The van der Waals surface area contributed by atoms with Crippen molar-refractivity contribution in [3.63, 3.8) is 0 Å². The molecule has 0 saturated heterocycles. The Morgan fingerprint density at radius 1 is 0.786 bits per heavy atom. The van der Waals surface area contributed by atoms with Gasteiger partial charge in [0.25, 0.3) is 0 Å². The third kappa shape index (κ3) is 11.7.